The van der Waals surface area contributed by atoms with Gasteiger partial charge < -0.3 is 9.64 Å². The summed E-state index contributed by atoms with van der Waals surface area (Å²) in [5, 5.41) is 26.5. The predicted molar refractivity (Wildman–Crippen MR) is 113 cm³/mol. The zero-order valence-electron chi connectivity index (χ0n) is 17.0. The Morgan fingerprint density at radius 1 is 1.30 bits per heavy atom. The number of hydrogen-bond donors (Lipinski definition) is 0. The van der Waals surface area contributed by atoms with Crippen molar-refractivity contribution in [2.24, 2.45) is 0 Å². The average Bonchev–Trinajstić information content (AvgIpc) is 3.12. The highest BCUT2D eigenvalue weighted by molar-refractivity contribution is 7.99. The maximum Gasteiger partial charge on any atom is 0.233 e. The van der Waals surface area contributed by atoms with Crippen LogP contribution in [0.4, 0.5) is 0 Å². The Labute approximate surface area is 180 Å². The molecule has 0 unspecified atom stereocenters. The second-order valence-corrected chi connectivity index (χ2v) is 7.33. The third-order valence-corrected chi connectivity index (χ3v) is 5.08. The molecule has 0 saturated carbocycles. The number of rotatable bonds is 12. The molecule has 0 spiro atoms. The van der Waals surface area contributed by atoms with E-state index < -0.39 is 0 Å². The van der Waals surface area contributed by atoms with E-state index in [1.807, 2.05) is 47.9 Å². The van der Waals surface area contributed by atoms with E-state index in [-0.39, 0.29) is 31.1 Å². The van der Waals surface area contributed by atoms with Gasteiger partial charge in [-0.15, -0.1) is 16.8 Å². The highest BCUT2D eigenvalue weighted by atomic mass is 32.2. The number of amides is 1. The van der Waals surface area contributed by atoms with Crippen LogP contribution in [-0.4, -0.2) is 44.4 Å². The smallest absolute Gasteiger partial charge is 0.233 e. The monoisotopic (exact) mass is 424 g/mol. The topological polar surface area (TPSA) is 108 Å². The first kappa shape index (κ1) is 23.0. The quantitative estimate of drug-likeness (QED) is 0.380. The van der Waals surface area contributed by atoms with Gasteiger partial charge in [0.25, 0.3) is 0 Å². The summed E-state index contributed by atoms with van der Waals surface area (Å²) >= 11 is 1.26. The van der Waals surface area contributed by atoms with Gasteiger partial charge in [-0.3, -0.25) is 9.36 Å². The fourth-order valence-corrected chi connectivity index (χ4v) is 3.52. The Bertz CT molecular complexity index is 926. The third-order valence-electron chi connectivity index (χ3n) is 4.13. The minimum Gasteiger partial charge on any atom is -0.486 e. The minimum absolute atomic E-state index is 0.142. The Balaban J connectivity index is 2.02. The van der Waals surface area contributed by atoms with Gasteiger partial charge in [-0.1, -0.05) is 30.0 Å². The summed E-state index contributed by atoms with van der Waals surface area (Å²) in [5.74, 6) is 1.39. The van der Waals surface area contributed by atoms with Crippen molar-refractivity contribution in [3.63, 3.8) is 0 Å². The molecule has 0 saturated heterocycles. The number of aryl methyl sites for hydroxylation is 1. The van der Waals surface area contributed by atoms with Gasteiger partial charge >= 0.3 is 0 Å². The lowest BCUT2D eigenvalue weighted by Gasteiger charge is -2.20. The first-order chi connectivity index (χ1) is 14.6. The molecule has 0 aliphatic rings. The van der Waals surface area contributed by atoms with E-state index in [1.54, 1.807) is 6.08 Å². The zero-order chi connectivity index (χ0) is 21.8. The molecule has 2 rings (SSSR count). The van der Waals surface area contributed by atoms with E-state index in [0.717, 1.165) is 11.3 Å². The van der Waals surface area contributed by atoms with Crippen molar-refractivity contribution in [3.8, 4) is 17.9 Å². The summed E-state index contributed by atoms with van der Waals surface area (Å²) in [6.45, 7) is 7.13. The van der Waals surface area contributed by atoms with Crippen LogP contribution in [0.1, 0.15) is 24.2 Å². The van der Waals surface area contributed by atoms with Gasteiger partial charge in [0.15, 0.2) is 11.0 Å². The molecule has 1 amide bonds. The lowest BCUT2D eigenvalue weighted by molar-refractivity contribution is -0.128. The number of benzene rings is 1. The van der Waals surface area contributed by atoms with Crippen molar-refractivity contribution in [2.45, 2.75) is 38.1 Å². The number of nitriles is 2. The first-order valence-corrected chi connectivity index (χ1v) is 10.4. The van der Waals surface area contributed by atoms with Crippen molar-refractivity contribution in [1.29, 1.82) is 10.5 Å². The lowest BCUT2D eigenvalue weighted by Crippen LogP contribution is -2.34. The van der Waals surface area contributed by atoms with Crippen LogP contribution >= 0.6 is 11.8 Å². The molecule has 156 valence electrons. The van der Waals surface area contributed by atoms with Gasteiger partial charge in [0.2, 0.25) is 5.91 Å². The Morgan fingerprint density at radius 2 is 2.03 bits per heavy atom. The predicted octanol–water partition coefficient (Wildman–Crippen LogP) is 3.10. The number of thioether (sulfide) groups is 1. The minimum atomic E-state index is -0.142. The van der Waals surface area contributed by atoms with Gasteiger partial charge in [0, 0.05) is 19.6 Å². The van der Waals surface area contributed by atoms with Gasteiger partial charge in [-0.25, -0.2) is 0 Å². The molecule has 0 bridgehead atoms. The summed E-state index contributed by atoms with van der Waals surface area (Å²) in [7, 11) is 0. The molecule has 8 nitrogen and oxygen atoms in total. The first-order valence-electron chi connectivity index (χ1n) is 9.46. The number of ether oxygens (including phenoxy) is 1. The van der Waals surface area contributed by atoms with Gasteiger partial charge in [0.1, 0.15) is 12.4 Å². The van der Waals surface area contributed by atoms with Crippen LogP contribution in [0, 0.1) is 29.6 Å². The number of hydrogen-bond acceptors (Lipinski definition) is 7. The molecule has 1 aromatic carbocycles. The second kappa shape index (κ2) is 12.3. The van der Waals surface area contributed by atoms with E-state index in [4.69, 9.17) is 15.3 Å². The third kappa shape index (κ3) is 6.94. The molecule has 0 aliphatic carbocycles. The zero-order valence-corrected chi connectivity index (χ0v) is 17.8. The fraction of sp³-hybridized carbons (Fsp3) is 0.381. The van der Waals surface area contributed by atoms with Crippen molar-refractivity contribution < 1.29 is 9.53 Å². The standard InChI is InChI=1S/C21H24N6O2S/c1-3-11-27-19(15-29-18-8-4-7-17(2)14-18)24-25-21(27)30-16-20(28)26(12-5-9-22)13-6-10-23/h3-4,7-8,14H,1,5-6,11-13,15-16H2,2H3. The highest BCUT2D eigenvalue weighted by Gasteiger charge is 2.17. The highest BCUT2D eigenvalue weighted by Crippen LogP contribution is 2.20. The van der Waals surface area contributed by atoms with Gasteiger partial charge in [-0.05, 0) is 24.6 Å². The van der Waals surface area contributed by atoms with E-state index in [9.17, 15) is 4.79 Å². The largest absolute Gasteiger partial charge is 0.486 e. The molecule has 0 N–H and O–H groups in total. The van der Waals surface area contributed by atoms with Crippen LogP contribution < -0.4 is 4.74 Å². The number of allylic oxidation sites excluding steroid dienone is 1. The molecule has 0 atom stereocenters. The number of carbonyl (C=O) groups excluding carboxylic acids is 1. The van der Waals surface area contributed by atoms with Crippen LogP contribution in [0.5, 0.6) is 5.75 Å². The SMILES string of the molecule is C=CCn1c(COc2cccc(C)c2)nnc1SCC(=O)N(CCC#N)CCC#N. The molecular formula is C21H24N6O2S. The molecular weight excluding hydrogens is 400 g/mol. The fourth-order valence-electron chi connectivity index (χ4n) is 2.65. The van der Waals surface area contributed by atoms with Crippen LogP contribution in [-0.2, 0) is 17.9 Å². The molecule has 0 aliphatic heterocycles. The maximum absolute atomic E-state index is 12.5. The summed E-state index contributed by atoms with van der Waals surface area (Å²) < 4.78 is 7.68. The lowest BCUT2D eigenvalue weighted by atomic mass is 10.2. The molecule has 1 aromatic heterocycles. The molecule has 1 heterocycles. The molecule has 9 heteroatoms. The van der Waals surface area contributed by atoms with Crippen molar-refractivity contribution in [1.82, 2.24) is 19.7 Å². The Hall–Kier alpha value is -3.30. The summed E-state index contributed by atoms with van der Waals surface area (Å²) in [6, 6.07) is 11.8. The average molecular weight is 425 g/mol. The van der Waals surface area contributed by atoms with Crippen LogP contribution in [0.3, 0.4) is 0 Å². The number of carbonyl (C=O) groups is 1. The van der Waals surface area contributed by atoms with Crippen LogP contribution in [0.2, 0.25) is 0 Å². The number of nitrogens with zero attached hydrogens (tertiary/aromatic N) is 6. The van der Waals surface area contributed by atoms with Gasteiger partial charge in [-0.2, -0.15) is 10.5 Å². The molecule has 0 fully saturated rings. The molecule has 0 radical (unpaired) electrons. The van der Waals surface area contributed by atoms with Crippen LogP contribution in [0.25, 0.3) is 0 Å². The van der Waals surface area contributed by atoms with Crippen molar-refractivity contribution in [2.75, 3.05) is 18.8 Å². The van der Waals surface area contributed by atoms with Crippen LogP contribution in [0.15, 0.2) is 42.1 Å². The Morgan fingerprint density at radius 3 is 2.67 bits per heavy atom. The molecule has 30 heavy (non-hydrogen) atoms. The van der Waals surface area contributed by atoms with Crippen molar-refractivity contribution in [3.05, 3.63) is 48.3 Å². The summed E-state index contributed by atoms with van der Waals surface area (Å²) in [5.41, 5.74) is 1.10. The maximum atomic E-state index is 12.5. The normalized spacial score (nSPS) is 10.1. The van der Waals surface area contributed by atoms with Gasteiger partial charge in [0.05, 0.1) is 30.7 Å². The number of aromatic nitrogens is 3. The second-order valence-electron chi connectivity index (χ2n) is 6.39. The summed E-state index contributed by atoms with van der Waals surface area (Å²) in [6.07, 6.45) is 2.20. The van der Waals surface area contributed by atoms with E-state index >= 15 is 0 Å². The Kier molecular flexibility index (Phi) is 9.43. The van der Waals surface area contributed by atoms with E-state index in [2.05, 4.69) is 16.8 Å². The van der Waals surface area contributed by atoms with E-state index in [0.29, 0.717) is 30.6 Å². The summed E-state index contributed by atoms with van der Waals surface area (Å²) in [4.78, 5) is 14.1. The molecule has 2 aromatic rings. The van der Waals surface area contributed by atoms with Crippen molar-refractivity contribution >= 4 is 17.7 Å². The van der Waals surface area contributed by atoms with E-state index in [1.165, 1.54) is 16.7 Å².